The second-order valence-electron chi connectivity index (χ2n) is 10.3. The highest BCUT2D eigenvalue weighted by Gasteiger charge is 2.56. The molecule has 2 unspecified atom stereocenters. The van der Waals surface area contributed by atoms with Gasteiger partial charge < -0.3 is 30.9 Å². The largest absolute Gasteiger partial charge is 0.464 e. The van der Waals surface area contributed by atoms with E-state index in [0.29, 0.717) is 38.3 Å². The summed E-state index contributed by atoms with van der Waals surface area (Å²) in [5.74, 6) is -1.09. The Labute approximate surface area is 202 Å². The number of rotatable bonds is 8. The first kappa shape index (κ1) is 27.3. The number of carbonyl (C=O) groups is 4. The quantitative estimate of drug-likeness (QED) is 0.268. The summed E-state index contributed by atoms with van der Waals surface area (Å²) in [6.07, 6.45) is 1.01. The molecule has 11 nitrogen and oxygen atoms in total. The lowest BCUT2D eigenvalue weighted by molar-refractivity contribution is -0.171. The zero-order valence-electron chi connectivity index (χ0n) is 21.1. The van der Waals surface area contributed by atoms with Crippen molar-refractivity contribution in [1.29, 1.82) is 0 Å². The van der Waals surface area contributed by atoms with Crippen molar-refractivity contribution in [3.8, 4) is 0 Å². The Bertz CT molecular complexity index is 785. The van der Waals surface area contributed by atoms with Crippen LogP contribution >= 0.6 is 0 Å². The standard InChI is InChI=1S/C23H40N6O5/c1-15(2)14-34-20(31)18-17(8-7-9-25-16(3)24)19(30)29(18)22(33)28-12-10-27(11-13-28)21(32)26-23(4,5)6/h15,17-18,25H,3,7-14,24H2,1-2,4-6H3,(H,26,32). The lowest BCUT2D eigenvalue weighted by Gasteiger charge is -2.47. The first-order valence-corrected chi connectivity index (χ1v) is 11.9. The smallest absolute Gasteiger partial charge is 0.330 e. The molecule has 2 fully saturated rings. The van der Waals surface area contributed by atoms with Crippen molar-refractivity contribution in [2.75, 3.05) is 39.3 Å². The minimum atomic E-state index is -0.943. The zero-order valence-corrected chi connectivity index (χ0v) is 21.1. The summed E-state index contributed by atoms with van der Waals surface area (Å²) in [5, 5.41) is 5.80. The Kier molecular flexibility index (Phi) is 9.17. The van der Waals surface area contributed by atoms with Gasteiger partial charge in [0.15, 0.2) is 6.04 Å². The number of nitrogens with zero attached hydrogens (tertiary/aromatic N) is 3. The van der Waals surface area contributed by atoms with Crippen LogP contribution in [0.1, 0.15) is 47.5 Å². The Morgan fingerprint density at radius 2 is 1.74 bits per heavy atom. The van der Waals surface area contributed by atoms with Crippen LogP contribution < -0.4 is 16.4 Å². The number of piperazine rings is 1. The van der Waals surface area contributed by atoms with Gasteiger partial charge in [0.2, 0.25) is 5.91 Å². The van der Waals surface area contributed by atoms with Crippen molar-refractivity contribution >= 4 is 23.9 Å². The predicted molar refractivity (Wildman–Crippen MR) is 127 cm³/mol. The molecule has 0 aliphatic carbocycles. The van der Waals surface area contributed by atoms with E-state index in [9.17, 15) is 19.2 Å². The van der Waals surface area contributed by atoms with Gasteiger partial charge in [-0.15, -0.1) is 0 Å². The van der Waals surface area contributed by atoms with Crippen LogP contribution in [0.4, 0.5) is 9.59 Å². The molecule has 2 aliphatic rings. The van der Waals surface area contributed by atoms with Crippen molar-refractivity contribution in [2.45, 2.75) is 59.0 Å². The average molecular weight is 481 g/mol. The highest BCUT2D eigenvalue weighted by molar-refractivity contribution is 6.07. The van der Waals surface area contributed by atoms with Crippen LogP contribution in [-0.2, 0) is 14.3 Å². The molecule has 2 atom stereocenters. The molecule has 0 aromatic heterocycles. The molecule has 0 spiro atoms. The van der Waals surface area contributed by atoms with Crippen LogP contribution in [0.3, 0.4) is 0 Å². The summed E-state index contributed by atoms with van der Waals surface area (Å²) in [5.41, 5.74) is 5.13. The predicted octanol–water partition coefficient (Wildman–Crippen LogP) is 1.06. The molecule has 34 heavy (non-hydrogen) atoms. The number of β-lactam (4-membered cyclic amide) rings is 1. The molecule has 0 saturated carbocycles. The zero-order chi connectivity index (χ0) is 25.6. The summed E-state index contributed by atoms with van der Waals surface area (Å²) < 4.78 is 5.38. The first-order chi connectivity index (χ1) is 15.8. The molecule has 2 aliphatic heterocycles. The maximum absolute atomic E-state index is 13.2. The molecule has 0 bridgehead atoms. The molecule has 11 heteroatoms. The lowest BCUT2D eigenvalue weighted by atomic mass is 9.83. The van der Waals surface area contributed by atoms with E-state index in [-0.39, 0.29) is 43.1 Å². The van der Waals surface area contributed by atoms with Crippen molar-refractivity contribution in [1.82, 2.24) is 25.3 Å². The molecular formula is C23H40N6O5. The summed E-state index contributed by atoms with van der Waals surface area (Å²) in [6.45, 7) is 15.1. The van der Waals surface area contributed by atoms with Crippen LogP contribution in [0.25, 0.3) is 0 Å². The van der Waals surface area contributed by atoms with Crippen molar-refractivity contribution in [3.63, 3.8) is 0 Å². The molecule has 2 rings (SSSR count). The van der Waals surface area contributed by atoms with Crippen molar-refractivity contribution in [3.05, 3.63) is 12.4 Å². The van der Waals surface area contributed by atoms with Gasteiger partial charge in [0.25, 0.3) is 0 Å². The number of carbonyl (C=O) groups excluding carboxylic acids is 4. The average Bonchev–Trinajstić information content (AvgIpc) is 2.73. The van der Waals surface area contributed by atoms with E-state index in [1.165, 1.54) is 4.90 Å². The molecule has 192 valence electrons. The van der Waals surface area contributed by atoms with Gasteiger partial charge in [-0.25, -0.2) is 19.3 Å². The van der Waals surface area contributed by atoms with Crippen molar-refractivity contribution < 1.29 is 23.9 Å². The van der Waals surface area contributed by atoms with Gasteiger partial charge in [0.05, 0.1) is 18.3 Å². The van der Waals surface area contributed by atoms with Gasteiger partial charge in [-0.3, -0.25) is 4.79 Å². The van der Waals surface area contributed by atoms with E-state index < -0.39 is 24.0 Å². The molecule has 0 aromatic carbocycles. The number of ether oxygens (including phenoxy) is 1. The van der Waals surface area contributed by atoms with Crippen LogP contribution in [0, 0.1) is 11.8 Å². The second-order valence-corrected chi connectivity index (χ2v) is 10.3. The maximum atomic E-state index is 13.2. The monoisotopic (exact) mass is 480 g/mol. The van der Waals surface area contributed by atoms with Crippen LogP contribution in [0.5, 0.6) is 0 Å². The number of imide groups is 1. The fourth-order valence-electron chi connectivity index (χ4n) is 3.87. The summed E-state index contributed by atoms with van der Waals surface area (Å²) >= 11 is 0. The number of urea groups is 2. The Hall–Kier alpha value is -2.98. The second kappa shape index (κ2) is 11.4. The minimum Gasteiger partial charge on any atom is -0.464 e. The lowest BCUT2D eigenvalue weighted by Crippen LogP contribution is -2.70. The SMILES string of the molecule is C=C(N)NCCCC1C(=O)N(C(=O)N2CCN(C(=O)NC(C)(C)C)CC2)C1C(=O)OCC(C)C. The topological polar surface area (TPSA) is 137 Å². The highest BCUT2D eigenvalue weighted by atomic mass is 16.5. The molecule has 2 heterocycles. The Morgan fingerprint density at radius 3 is 2.26 bits per heavy atom. The van der Waals surface area contributed by atoms with E-state index >= 15 is 0 Å². The number of nitrogens with two attached hydrogens (primary N) is 1. The van der Waals surface area contributed by atoms with E-state index in [2.05, 4.69) is 17.2 Å². The van der Waals surface area contributed by atoms with E-state index in [0.717, 1.165) is 4.90 Å². The number of nitrogens with one attached hydrogen (secondary N) is 2. The Balaban J connectivity index is 2.01. The maximum Gasteiger partial charge on any atom is 0.330 e. The third kappa shape index (κ3) is 7.26. The van der Waals surface area contributed by atoms with Crippen molar-refractivity contribution in [2.24, 2.45) is 17.6 Å². The Morgan fingerprint density at radius 1 is 1.15 bits per heavy atom. The van der Waals surface area contributed by atoms with Crippen LogP contribution in [-0.4, -0.2) is 89.5 Å². The number of hydrogen-bond acceptors (Lipinski definition) is 7. The number of amides is 5. The van der Waals surface area contributed by atoms with E-state index in [1.807, 2.05) is 34.6 Å². The van der Waals surface area contributed by atoms with Crippen LogP contribution in [0.2, 0.25) is 0 Å². The third-order valence-corrected chi connectivity index (χ3v) is 5.58. The van der Waals surface area contributed by atoms with Gasteiger partial charge in [0, 0.05) is 38.3 Å². The van der Waals surface area contributed by atoms with Crippen LogP contribution in [0.15, 0.2) is 12.4 Å². The fraction of sp³-hybridized carbons (Fsp3) is 0.739. The molecule has 5 amide bonds. The van der Waals surface area contributed by atoms with Gasteiger partial charge in [-0.05, 0) is 39.5 Å². The molecular weight excluding hydrogens is 440 g/mol. The van der Waals surface area contributed by atoms with Gasteiger partial charge >= 0.3 is 18.0 Å². The summed E-state index contributed by atoms with van der Waals surface area (Å²) in [4.78, 5) is 55.4. The minimum absolute atomic E-state index is 0.134. The highest BCUT2D eigenvalue weighted by Crippen LogP contribution is 2.33. The van der Waals surface area contributed by atoms with Gasteiger partial charge in [-0.2, -0.15) is 0 Å². The molecule has 0 aromatic rings. The molecule has 2 saturated heterocycles. The normalized spacial score (nSPS) is 20.6. The number of likely N-dealkylation sites (tertiary alicyclic amines) is 1. The van der Waals surface area contributed by atoms with Gasteiger partial charge in [-0.1, -0.05) is 20.4 Å². The van der Waals surface area contributed by atoms with E-state index in [1.54, 1.807) is 4.90 Å². The first-order valence-electron chi connectivity index (χ1n) is 11.9. The third-order valence-electron chi connectivity index (χ3n) is 5.58. The number of hydrogen-bond donors (Lipinski definition) is 3. The summed E-state index contributed by atoms with van der Waals surface area (Å²) in [6, 6.07) is -1.65. The van der Waals surface area contributed by atoms with E-state index in [4.69, 9.17) is 10.5 Å². The summed E-state index contributed by atoms with van der Waals surface area (Å²) in [7, 11) is 0. The molecule has 0 radical (unpaired) electrons. The fourth-order valence-corrected chi connectivity index (χ4v) is 3.87. The molecule has 4 N–H and O–H groups in total. The number of esters is 1. The van der Waals surface area contributed by atoms with Gasteiger partial charge in [0.1, 0.15) is 0 Å².